The average Bonchev–Trinajstić information content (AvgIpc) is 3.07. The van der Waals surface area contributed by atoms with Crippen molar-refractivity contribution in [2.24, 2.45) is 0 Å². The standard InChI is InChI=1S/C14H23N3O/c1-2-13-8-15-14(18-13)10-17-7-3-4-12(9-17)16-11-5-6-11/h8,11-12,16H,2-7,9-10H2,1H3. The van der Waals surface area contributed by atoms with Crippen molar-refractivity contribution >= 4 is 0 Å². The molecule has 2 fully saturated rings. The van der Waals surface area contributed by atoms with Crippen LogP contribution in [0.3, 0.4) is 0 Å². The first-order valence-corrected chi connectivity index (χ1v) is 7.25. The Balaban J connectivity index is 1.51. The highest BCUT2D eigenvalue weighted by molar-refractivity contribution is 4.94. The molecule has 1 saturated carbocycles. The molecule has 1 unspecified atom stereocenters. The maximum Gasteiger partial charge on any atom is 0.208 e. The largest absolute Gasteiger partial charge is 0.444 e. The highest BCUT2D eigenvalue weighted by Gasteiger charge is 2.27. The lowest BCUT2D eigenvalue weighted by atomic mass is 10.1. The van der Waals surface area contributed by atoms with Crippen LogP contribution in [-0.4, -0.2) is 35.1 Å². The summed E-state index contributed by atoms with van der Waals surface area (Å²) >= 11 is 0. The summed E-state index contributed by atoms with van der Waals surface area (Å²) in [4.78, 5) is 6.82. The van der Waals surface area contributed by atoms with Crippen LogP contribution in [0.4, 0.5) is 0 Å². The van der Waals surface area contributed by atoms with Gasteiger partial charge in [0.05, 0.1) is 12.7 Å². The molecule has 100 valence electrons. The second-order valence-corrected chi connectivity index (χ2v) is 5.59. The summed E-state index contributed by atoms with van der Waals surface area (Å²) in [5, 5.41) is 3.73. The molecule has 1 atom stereocenters. The number of hydrogen-bond donors (Lipinski definition) is 1. The Morgan fingerprint density at radius 3 is 3.00 bits per heavy atom. The first kappa shape index (κ1) is 12.2. The van der Waals surface area contributed by atoms with Crippen LogP contribution in [0, 0.1) is 0 Å². The van der Waals surface area contributed by atoms with Gasteiger partial charge in [-0.25, -0.2) is 4.98 Å². The molecule has 1 aromatic rings. The van der Waals surface area contributed by atoms with Crippen LogP contribution in [0.15, 0.2) is 10.6 Å². The van der Waals surface area contributed by atoms with Gasteiger partial charge in [0, 0.05) is 25.0 Å². The normalized spacial score (nSPS) is 25.5. The van der Waals surface area contributed by atoms with E-state index in [1.54, 1.807) is 0 Å². The molecule has 1 aliphatic heterocycles. The zero-order chi connectivity index (χ0) is 12.4. The molecule has 0 bridgehead atoms. The molecule has 0 amide bonds. The van der Waals surface area contributed by atoms with E-state index in [1.165, 1.54) is 32.2 Å². The number of nitrogens with zero attached hydrogens (tertiary/aromatic N) is 2. The minimum Gasteiger partial charge on any atom is -0.444 e. The van der Waals surface area contributed by atoms with Gasteiger partial charge in [-0.1, -0.05) is 6.92 Å². The third-order valence-corrected chi connectivity index (χ3v) is 3.86. The zero-order valence-corrected chi connectivity index (χ0v) is 11.2. The lowest BCUT2D eigenvalue weighted by molar-refractivity contribution is 0.167. The van der Waals surface area contributed by atoms with Gasteiger partial charge in [0.1, 0.15) is 5.76 Å². The third kappa shape index (κ3) is 3.12. The number of likely N-dealkylation sites (tertiary alicyclic amines) is 1. The van der Waals surface area contributed by atoms with Crippen LogP contribution in [0.1, 0.15) is 44.3 Å². The Kier molecular flexibility index (Phi) is 3.66. The summed E-state index contributed by atoms with van der Waals surface area (Å²) in [7, 11) is 0. The third-order valence-electron chi connectivity index (χ3n) is 3.86. The van der Waals surface area contributed by atoms with Crippen LogP contribution < -0.4 is 5.32 Å². The van der Waals surface area contributed by atoms with E-state index in [-0.39, 0.29) is 0 Å². The van der Waals surface area contributed by atoms with Gasteiger partial charge in [-0.3, -0.25) is 4.90 Å². The van der Waals surface area contributed by atoms with Gasteiger partial charge in [-0.15, -0.1) is 0 Å². The van der Waals surface area contributed by atoms with Crippen molar-refractivity contribution in [3.8, 4) is 0 Å². The van der Waals surface area contributed by atoms with Gasteiger partial charge in [0.25, 0.3) is 0 Å². The molecule has 18 heavy (non-hydrogen) atoms. The Morgan fingerprint density at radius 1 is 1.39 bits per heavy atom. The van der Waals surface area contributed by atoms with E-state index in [1.807, 2.05) is 6.20 Å². The number of piperidine rings is 1. The summed E-state index contributed by atoms with van der Waals surface area (Å²) < 4.78 is 5.69. The van der Waals surface area contributed by atoms with Gasteiger partial charge < -0.3 is 9.73 Å². The first-order valence-electron chi connectivity index (χ1n) is 7.25. The smallest absolute Gasteiger partial charge is 0.208 e. The minimum absolute atomic E-state index is 0.673. The maximum absolute atomic E-state index is 5.69. The van der Waals surface area contributed by atoms with E-state index in [0.717, 1.165) is 37.2 Å². The predicted octanol–water partition coefficient (Wildman–Crippen LogP) is 1.95. The molecular weight excluding hydrogens is 226 g/mol. The number of aromatic nitrogens is 1. The number of rotatable bonds is 5. The monoisotopic (exact) mass is 249 g/mol. The minimum atomic E-state index is 0.673. The van der Waals surface area contributed by atoms with Gasteiger partial charge in [-0.05, 0) is 32.2 Å². The Bertz CT molecular complexity index is 386. The van der Waals surface area contributed by atoms with E-state index in [0.29, 0.717) is 6.04 Å². The molecular formula is C14H23N3O. The lowest BCUT2D eigenvalue weighted by Gasteiger charge is -2.32. The maximum atomic E-state index is 5.69. The number of nitrogens with one attached hydrogen (secondary N) is 1. The molecule has 2 heterocycles. The van der Waals surface area contributed by atoms with Crippen molar-refractivity contribution in [2.75, 3.05) is 13.1 Å². The van der Waals surface area contributed by atoms with Crippen molar-refractivity contribution < 1.29 is 4.42 Å². The van der Waals surface area contributed by atoms with Gasteiger partial charge in [0.15, 0.2) is 0 Å². The Hall–Kier alpha value is -0.870. The SMILES string of the molecule is CCc1cnc(CN2CCCC(NC3CC3)C2)o1. The van der Waals surface area contributed by atoms with Crippen molar-refractivity contribution in [3.63, 3.8) is 0 Å². The Labute approximate surface area is 109 Å². The van der Waals surface area contributed by atoms with Crippen molar-refractivity contribution in [1.29, 1.82) is 0 Å². The molecule has 4 nitrogen and oxygen atoms in total. The van der Waals surface area contributed by atoms with E-state index in [9.17, 15) is 0 Å². The van der Waals surface area contributed by atoms with Gasteiger partial charge >= 0.3 is 0 Å². The fraction of sp³-hybridized carbons (Fsp3) is 0.786. The molecule has 1 N–H and O–H groups in total. The quantitative estimate of drug-likeness (QED) is 0.866. The highest BCUT2D eigenvalue weighted by atomic mass is 16.4. The van der Waals surface area contributed by atoms with Crippen LogP contribution in [0.25, 0.3) is 0 Å². The van der Waals surface area contributed by atoms with Gasteiger partial charge in [-0.2, -0.15) is 0 Å². The van der Waals surface area contributed by atoms with E-state index >= 15 is 0 Å². The zero-order valence-electron chi connectivity index (χ0n) is 11.2. The summed E-state index contributed by atoms with van der Waals surface area (Å²) in [5.74, 6) is 1.87. The fourth-order valence-electron chi connectivity index (χ4n) is 2.69. The van der Waals surface area contributed by atoms with E-state index < -0.39 is 0 Å². The molecule has 0 aromatic carbocycles. The fourth-order valence-corrected chi connectivity index (χ4v) is 2.69. The topological polar surface area (TPSA) is 41.3 Å². The summed E-state index contributed by atoms with van der Waals surface area (Å²) in [6.45, 7) is 5.27. The second kappa shape index (κ2) is 5.41. The molecule has 1 aliphatic carbocycles. The van der Waals surface area contributed by atoms with Crippen LogP contribution in [0.2, 0.25) is 0 Å². The molecule has 1 saturated heterocycles. The van der Waals surface area contributed by atoms with E-state index in [4.69, 9.17) is 4.42 Å². The summed E-state index contributed by atoms with van der Waals surface area (Å²) in [5.41, 5.74) is 0. The molecule has 0 radical (unpaired) electrons. The first-order chi connectivity index (χ1) is 8.83. The molecule has 1 aromatic heterocycles. The molecule has 4 heteroatoms. The molecule has 2 aliphatic rings. The highest BCUT2D eigenvalue weighted by Crippen LogP contribution is 2.22. The second-order valence-electron chi connectivity index (χ2n) is 5.59. The number of hydrogen-bond acceptors (Lipinski definition) is 4. The van der Waals surface area contributed by atoms with Crippen LogP contribution in [0.5, 0.6) is 0 Å². The van der Waals surface area contributed by atoms with Crippen LogP contribution in [-0.2, 0) is 13.0 Å². The summed E-state index contributed by atoms with van der Waals surface area (Å²) in [6, 6.07) is 1.48. The molecule has 0 spiro atoms. The molecule has 3 rings (SSSR count). The number of oxazole rings is 1. The Morgan fingerprint density at radius 2 is 2.28 bits per heavy atom. The number of aryl methyl sites for hydroxylation is 1. The predicted molar refractivity (Wildman–Crippen MR) is 70.3 cm³/mol. The lowest BCUT2D eigenvalue weighted by Crippen LogP contribution is -2.46. The summed E-state index contributed by atoms with van der Waals surface area (Å²) in [6.07, 6.45) is 8.13. The van der Waals surface area contributed by atoms with E-state index in [2.05, 4.69) is 22.1 Å². The van der Waals surface area contributed by atoms with Crippen molar-refractivity contribution in [2.45, 2.75) is 57.7 Å². The average molecular weight is 249 g/mol. The van der Waals surface area contributed by atoms with Crippen molar-refractivity contribution in [3.05, 3.63) is 17.8 Å². The van der Waals surface area contributed by atoms with Crippen LogP contribution >= 0.6 is 0 Å². The van der Waals surface area contributed by atoms with Crippen molar-refractivity contribution in [1.82, 2.24) is 15.2 Å². The van der Waals surface area contributed by atoms with Gasteiger partial charge in [0.2, 0.25) is 5.89 Å².